The van der Waals surface area contributed by atoms with Crippen LogP contribution in [-0.4, -0.2) is 20.9 Å². The summed E-state index contributed by atoms with van der Waals surface area (Å²) >= 11 is 0. The molecule has 0 fully saturated rings. The van der Waals surface area contributed by atoms with Gasteiger partial charge in [-0.3, -0.25) is 4.68 Å². The number of rotatable bonds is 3. The lowest BCUT2D eigenvalue weighted by atomic mass is 10.0. The minimum atomic E-state index is -0.907. The molecule has 0 saturated heterocycles. The van der Waals surface area contributed by atoms with E-state index in [0.717, 1.165) is 29.1 Å². The molecule has 1 aromatic carbocycles. The molecule has 0 amide bonds. The summed E-state index contributed by atoms with van der Waals surface area (Å²) in [4.78, 5) is 11.0. The predicted octanol–water partition coefficient (Wildman–Crippen LogP) is 2.89. The molecule has 0 aliphatic carbocycles. The monoisotopic (exact) mass is 244 g/mol. The van der Waals surface area contributed by atoms with Crippen LogP contribution in [0.2, 0.25) is 0 Å². The Kier molecular flexibility index (Phi) is 3.19. The molecule has 18 heavy (non-hydrogen) atoms. The lowest BCUT2D eigenvalue weighted by molar-refractivity contribution is 0.0697. The molecule has 0 aliphatic heterocycles. The minimum Gasteiger partial charge on any atom is -0.478 e. The largest absolute Gasteiger partial charge is 0.478 e. The van der Waals surface area contributed by atoms with Crippen LogP contribution in [0, 0.1) is 13.8 Å². The van der Waals surface area contributed by atoms with Crippen molar-refractivity contribution in [3.8, 4) is 11.1 Å². The highest BCUT2D eigenvalue weighted by Crippen LogP contribution is 2.27. The van der Waals surface area contributed by atoms with Crippen LogP contribution in [-0.2, 0) is 6.54 Å². The fourth-order valence-corrected chi connectivity index (χ4v) is 2.23. The molecule has 94 valence electrons. The van der Waals surface area contributed by atoms with Crippen molar-refractivity contribution in [1.29, 1.82) is 0 Å². The SMILES string of the molecule is CCn1nc(C)c(-c2cccc(C(=O)O)c2)c1C. The smallest absolute Gasteiger partial charge is 0.335 e. The molecule has 1 N–H and O–H groups in total. The second-order valence-corrected chi connectivity index (χ2v) is 4.25. The number of hydrogen-bond donors (Lipinski definition) is 1. The summed E-state index contributed by atoms with van der Waals surface area (Å²) in [5.74, 6) is -0.907. The summed E-state index contributed by atoms with van der Waals surface area (Å²) in [6, 6.07) is 6.98. The Balaban J connectivity index is 2.58. The molecule has 0 unspecified atom stereocenters. The number of aromatic carboxylic acids is 1. The second-order valence-electron chi connectivity index (χ2n) is 4.25. The van der Waals surface area contributed by atoms with E-state index in [1.165, 1.54) is 0 Å². The van der Waals surface area contributed by atoms with Crippen molar-refractivity contribution >= 4 is 5.97 Å². The van der Waals surface area contributed by atoms with Gasteiger partial charge >= 0.3 is 5.97 Å². The molecule has 0 spiro atoms. The lowest BCUT2D eigenvalue weighted by Crippen LogP contribution is -1.99. The van der Waals surface area contributed by atoms with Crippen LogP contribution in [0.5, 0.6) is 0 Å². The molecule has 0 aliphatic rings. The van der Waals surface area contributed by atoms with Gasteiger partial charge in [0, 0.05) is 17.8 Å². The van der Waals surface area contributed by atoms with E-state index in [9.17, 15) is 4.79 Å². The van der Waals surface area contributed by atoms with Crippen molar-refractivity contribution in [3.63, 3.8) is 0 Å². The summed E-state index contributed by atoms with van der Waals surface area (Å²) in [7, 11) is 0. The van der Waals surface area contributed by atoms with E-state index in [0.29, 0.717) is 5.56 Å². The number of aryl methyl sites for hydroxylation is 2. The van der Waals surface area contributed by atoms with Gasteiger partial charge in [-0.25, -0.2) is 4.79 Å². The van der Waals surface area contributed by atoms with E-state index >= 15 is 0 Å². The average Bonchev–Trinajstić information content (AvgIpc) is 2.64. The summed E-state index contributed by atoms with van der Waals surface area (Å²) < 4.78 is 1.93. The maximum Gasteiger partial charge on any atom is 0.335 e. The van der Waals surface area contributed by atoms with Gasteiger partial charge in [-0.15, -0.1) is 0 Å². The fraction of sp³-hybridized carbons (Fsp3) is 0.286. The van der Waals surface area contributed by atoms with Gasteiger partial charge in [-0.05, 0) is 38.5 Å². The van der Waals surface area contributed by atoms with E-state index in [1.807, 2.05) is 31.5 Å². The average molecular weight is 244 g/mol. The summed E-state index contributed by atoms with van der Waals surface area (Å²) in [6.45, 7) is 6.80. The first-order chi connectivity index (χ1) is 8.54. The van der Waals surface area contributed by atoms with Crippen molar-refractivity contribution < 1.29 is 9.90 Å². The minimum absolute atomic E-state index is 0.301. The van der Waals surface area contributed by atoms with E-state index in [4.69, 9.17) is 5.11 Å². The van der Waals surface area contributed by atoms with E-state index in [2.05, 4.69) is 5.10 Å². The lowest BCUT2D eigenvalue weighted by Gasteiger charge is -2.04. The van der Waals surface area contributed by atoms with E-state index in [-0.39, 0.29) is 0 Å². The first-order valence-electron chi connectivity index (χ1n) is 5.92. The van der Waals surface area contributed by atoms with Gasteiger partial charge in [0.05, 0.1) is 11.3 Å². The Bertz CT molecular complexity index is 600. The van der Waals surface area contributed by atoms with Gasteiger partial charge in [0.25, 0.3) is 0 Å². The molecular weight excluding hydrogens is 228 g/mol. The Morgan fingerprint density at radius 1 is 1.39 bits per heavy atom. The number of benzene rings is 1. The molecule has 1 aromatic heterocycles. The highest BCUT2D eigenvalue weighted by molar-refractivity contribution is 5.89. The van der Waals surface area contributed by atoms with Crippen LogP contribution < -0.4 is 0 Å². The van der Waals surface area contributed by atoms with Gasteiger partial charge < -0.3 is 5.11 Å². The van der Waals surface area contributed by atoms with Gasteiger partial charge in [0.2, 0.25) is 0 Å². The van der Waals surface area contributed by atoms with Crippen molar-refractivity contribution in [3.05, 3.63) is 41.2 Å². The van der Waals surface area contributed by atoms with Crippen LogP contribution >= 0.6 is 0 Å². The Labute approximate surface area is 106 Å². The van der Waals surface area contributed by atoms with Crippen molar-refractivity contribution in [2.24, 2.45) is 0 Å². The topological polar surface area (TPSA) is 55.1 Å². The Hall–Kier alpha value is -2.10. The number of nitrogens with zero attached hydrogens (tertiary/aromatic N) is 2. The number of carboxylic acids is 1. The predicted molar refractivity (Wildman–Crippen MR) is 69.8 cm³/mol. The summed E-state index contributed by atoms with van der Waals surface area (Å²) in [6.07, 6.45) is 0. The van der Waals surface area contributed by atoms with Crippen LogP contribution in [0.25, 0.3) is 11.1 Å². The third kappa shape index (κ3) is 2.01. The van der Waals surface area contributed by atoms with Gasteiger partial charge in [0.15, 0.2) is 0 Å². The zero-order valence-corrected chi connectivity index (χ0v) is 10.8. The molecule has 0 saturated carbocycles. The van der Waals surface area contributed by atoms with E-state index < -0.39 is 5.97 Å². The third-order valence-corrected chi connectivity index (χ3v) is 3.08. The van der Waals surface area contributed by atoms with Crippen LogP contribution in [0.15, 0.2) is 24.3 Å². The van der Waals surface area contributed by atoms with Crippen molar-refractivity contribution in [2.45, 2.75) is 27.3 Å². The Morgan fingerprint density at radius 3 is 2.67 bits per heavy atom. The zero-order valence-electron chi connectivity index (χ0n) is 10.8. The number of carboxylic acid groups (broad SMARTS) is 1. The van der Waals surface area contributed by atoms with Gasteiger partial charge in [-0.1, -0.05) is 12.1 Å². The molecule has 1 heterocycles. The van der Waals surface area contributed by atoms with Crippen molar-refractivity contribution in [1.82, 2.24) is 9.78 Å². The third-order valence-electron chi connectivity index (χ3n) is 3.08. The molecule has 0 bridgehead atoms. The van der Waals surface area contributed by atoms with Gasteiger partial charge in [-0.2, -0.15) is 5.10 Å². The normalized spacial score (nSPS) is 10.6. The van der Waals surface area contributed by atoms with Crippen LogP contribution in [0.4, 0.5) is 0 Å². The summed E-state index contributed by atoms with van der Waals surface area (Å²) in [5.41, 5.74) is 4.23. The zero-order chi connectivity index (χ0) is 13.3. The fourth-order valence-electron chi connectivity index (χ4n) is 2.23. The Morgan fingerprint density at radius 2 is 2.11 bits per heavy atom. The molecule has 0 radical (unpaired) electrons. The first-order valence-corrected chi connectivity index (χ1v) is 5.92. The number of aromatic nitrogens is 2. The molecule has 2 aromatic rings. The molecule has 0 atom stereocenters. The maximum absolute atomic E-state index is 11.0. The number of carbonyl (C=O) groups is 1. The standard InChI is InChI=1S/C14H16N2O2/c1-4-16-10(3)13(9(2)15-16)11-6-5-7-12(8-11)14(17)18/h5-8H,4H2,1-3H3,(H,17,18). The highest BCUT2D eigenvalue weighted by atomic mass is 16.4. The van der Waals surface area contributed by atoms with Crippen LogP contribution in [0.1, 0.15) is 28.7 Å². The molecule has 2 rings (SSSR count). The first kappa shape index (κ1) is 12.4. The molecule has 4 heteroatoms. The summed E-state index contributed by atoms with van der Waals surface area (Å²) in [5, 5.41) is 13.5. The molecular formula is C14H16N2O2. The van der Waals surface area contributed by atoms with Gasteiger partial charge in [0.1, 0.15) is 0 Å². The second kappa shape index (κ2) is 4.64. The quantitative estimate of drug-likeness (QED) is 0.903. The highest BCUT2D eigenvalue weighted by Gasteiger charge is 2.13. The van der Waals surface area contributed by atoms with E-state index in [1.54, 1.807) is 18.2 Å². The maximum atomic E-state index is 11.0. The van der Waals surface area contributed by atoms with Crippen molar-refractivity contribution in [2.75, 3.05) is 0 Å². The molecule has 4 nitrogen and oxygen atoms in total. The van der Waals surface area contributed by atoms with Crippen LogP contribution in [0.3, 0.4) is 0 Å². The number of hydrogen-bond acceptors (Lipinski definition) is 2.